The van der Waals surface area contributed by atoms with E-state index in [0.29, 0.717) is 15.9 Å². The van der Waals surface area contributed by atoms with Gasteiger partial charge in [-0.15, -0.1) is 0 Å². The lowest BCUT2D eigenvalue weighted by molar-refractivity contribution is -0.117. The summed E-state index contributed by atoms with van der Waals surface area (Å²) in [7, 11) is 0. The molecular formula is C10H8F4N2S. The highest BCUT2D eigenvalue weighted by Gasteiger charge is 2.40. The van der Waals surface area contributed by atoms with Crippen LogP contribution < -0.4 is 5.32 Å². The highest BCUT2D eigenvalue weighted by atomic mass is 32.1. The molecule has 7 heteroatoms. The summed E-state index contributed by atoms with van der Waals surface area (Å²) in [6.07, 6.45) is -3.67. The Kier molecular flexibility index (Phi) is 3.19. The van der Waals surface area contributed by atoms with Crippen molar-refractivity contribution in [1.29, 1.82) is 0 Å². The number of nitrogens with zero attached hydrogens (tertiary/aromatic N) is 1. The van der Waals surface area contributed by atoms with E-state index in [4.69, 9.17) is 0 Å². The Bertz CT molecular complexity index is 512. The minimum Gasteiger partial charge on any atom is -0.369 e. The first-order chi connectivity index (χ1) is 8.00. The number of aromatic nitrogens is 1. The molecule has 0 aliphatic carbocycles. The van der Waals surface area contributed by atoms with Gasteiger partial charge in [0.2, 0.25) is 0 Å². The highest BCUT2D eigenvalue weighted by Crippen LogP contribution is 2.29. The van der Waals surface area contributed by atoms with Gasteiger partial charge in [0.05, 0.1) is 12.1 Å². The van der Waals surface area contributed by atoms with E-state index in [1.807, 2.05) is 0 Å². The Morgan fingerprint density at radius 2 is 2.00 bits per heavy atom. The van der Waals surface area contributed by atoms with Gasteiger partial charge in [-0.05, 0) is 23.7 Å². The Morgan fingerprint density at radius 1 is 1.29 bits per heavy atom. The smallest absolute Gasteiger partial charge is 0.324 e. The zero-order chi connectivity index (χ0) is 12.5. The zero-order valence-electron chi connectivity index (χ0n) is 8.46. The van der Waals surface area contributed by atoms with Gasteiger partial charge in [0, 0.05) is 5.39 Å². The Balaban J connectivity index is 2.14. The van der Waals surface area contributed by atoms with Gasteiger partial charge >= 0.3 is 12.3 Å². The number of hydrogen-bond acceptors (Lipinski definition) is 3. The molecule has 0 bridgehead atoms. The molecule has 0 saturated heterocycles. The fourth-order valence-corrected chi connectivity index (χ4v) is 2.05. The van der Waals surface area contributed by atoms with E-state index in [9.17, 15) is 17.6 Å². The van der Waals surface area contributed by atoms with E-state index in [2.05, 4.69) is 9.69 Å². The maximum atomic E-state index is 12.7. The molecule has 1 aromatic heterocycles. The van der Waals surface area contributed by atoms with Crippen LogP contribution in [-0.4, -0.2) is 23.3 Å². The van der Waals surface area contributed by atoms with Gasteiger partial charge in [0.25, 0.3) is 0 Å². The lowest BCUT2D eigenvalue weighted by atomic mass is 10.2. The monoisotopic (exact) mass is 264 g/mol. The number of benzene rings is 1. The van der Waals surface area contributed by atoms with Crippen molar-refractivity contribution in [2.75, 3.05) is 11.9 Å². The molecule has 1 heterocycles. The van der Waals surface area contributed by atoms with Gasteiger partial charge < -0.3 is 5.32 Å². The van der Waals surface area contributed by atoms with Crippen molar-refractivity contribution in [2.45, 2.75) is 12.3 Å². The van der Waals surface area contributed by atoms with Crippen molar-refractivity contribution in [2.24, 2.45) is 0 Å². The van der Waals surface area contributed by atoms with E-state index in [0.717, 1.165) is 11.5 Å². The third kappa shape index (κ3) is 2.49. The number of rotatable bonds is 4. The molecular weight excluding hydrogens is 256 g/mol. The molecule has 17 heavy (non-hydrogen) atoms. The summed E-state index contributed by atoms with van der Waals surface area (Å²) in [5.74, 6) is -4.04. The minimum atomic E-state index is -4.04. The summed E-state index contributed by atoms with van der Waals surface area (Å²) in [5, 5.41) is 3.35. The van der Waals surface area contributed by atoms with Crippen LogP contribution in [0.4, 0.5) is 22.6 Å². The molecule has 1 aromatic carbocycles. The molecule has 2 nitrogen and oxygen atoms in total. The van der Waals surface area contributed by atoms with Gasteiger partial charge in [-0.1, -0.05) is 12.1 Å². The van der Waals surface area contributed by atoms with Crippen LogP contribution in [0.2, 0.25) is 0 Å². The third-order valence-electron chi connectivity index (χ3n) is 2.19. The number of alkyl halides is 4. The number of nitrogens with one attached hydrogen (secondary N) is 1. The van der Waals surface area contributed by atoms with Crippen molar-refractivity contribution in [3.63, 3.8) is 0 Å². The van der Waals surface area contributed by atoms with Crippen molar-refractivity contribution in [3.8, 4) is 0 Å². The molecule has 0 atom stereocenters. The van der Waals surface area contributed by atoms with Crippen LogP contribution in [0.1, 0.15) is 0 Å². The predicted octanol–water partition coefficient (Wildman–Crippen LogP) is 3.61. The van der Waals surface area contributed by atoms with Crippen molar-refractivity contribution >= 4 is 27.4 Å². The van der Waals surface area contributed by atoms with Gasteiger partial charge in [0.15, 0.2) is 0 Å². The Hall–Kier alpha value is -1.37. The van der Waals surface area contributed by atoms with E-state index in [-0.39, 0.29) is 0 Å². The molecule has 0 aliphatic rings. The number of hydrogen-bond donors (Lipinski definition) is 1. The van der Waals surface area contributed by atoms with E-state index >= 15 is 0 Å². The summed E-state index contributed by atoms with van der Waals surface area (Å²) in [5.41, 5.74) is 0.653. The largest absolute Gasteiger partial charge is 0.369 e. The summed E-state index contributed by atoms with van der Waals surface area (Å²) >= 11 is 0.976. The number of anilines is 1. The second-order valence-corrected chi connectivity index (χ2v) is 4.22. The topological polar surface area (TPSA) is 24.9 Å². The second-order valence-electron chi connectivity index (χ2n) is 3.44. The maximum Gasteiger partial charge on any atom is 0.324 e. The Morgan fingerprint density at radius 3 is 2.71 bits per heavy atom. The maximum absolute atomic E-state index is 12.7. The second kappa shape index (κ2) is 4.48. The van der Waals surface area contributed by atoms with E-state index in [1.165, 1.54) is 0 Å². The summed E-state index contributed by atoms with van der Waals surface area (Å²) in [6.45, 7) is -1.10. The lowest BCUT2D eigenvalue weighted by Crippen LogP contribution is -2.34. The molecule has 92 valence electrons. The van der Waals surface area contributed by atoms with Gasteiger partial charge in [-0.3, -0.25) is 0 Å². The average molecular weight is 264 g/mol. The molecule has 2 aromatic rings. The minimum absolute atomic E-state index is 0.376. The van der Waals surface area contributed by atoms with E-state index in [1.54, 1.807) is 24.3 Å². The average Bonchev–Trinajstić information content (AvgIpc) is 2.69. The third-order valence-corrected chi connectivity index (χ3v) is 3.02. The summed E-state index contributed by atoms with van der Waals surface area (Å²) in [4.78, 5) is 0. The normalized spacial score (nSPS) is 12.3. The van der Waals surface area contributed by atoms with Crippen LogP contribution in [0.15, 0.2) is 24.3 Å². The Labute approximate surface area is 98.4 Å². The first-order valence-electron chi connectivity index (χ1n) is 4.75. The first kappa shape index (κ1) is 12.1. The first-order valence-corrected chi connectivity index (χ1v) is 5.52. The molecule has 0 unspecified atom stereocenters. The molecule has 2 rings (SSSR count). The predicted molar refractivity (Wildman–Crippen MR) is 59.1 cm³/mol. The van der Waals surface area contributed by atoms with Crippen molar-refractivity contribution in [1.82, 2.24) is 4.37 Å². The van der Waals surface area contributed by atoms with Crippen LogP contribution in [0.5, 0.6) is 0 Å². The quantitative estimate of drug-likeness (QED) is 0.853. The number of fused-ring (bicyclic) bond motifs is 1. The van der Waals surface area contributed by atoms with Gasteiger partial charge in [-0.2, -0.15) is 13.2 Å². The van der Waals surface area contributed by atoms with Crippen LogP contribution >= 0.6 is 11.5 Å². The van der Waals surface area contributed by atoms with Crippen LogP contribution in [-0.2, 0) is 0 Å². The fraction of sp³-hybridized carbons (Fsp3) is 0.300. The van der Waals surface area contributed by atoms with E-state index < -0.39 is 18.9 Å². The molecule has 0 aliphatic heterocycles. The highest BCUT2D eigenvalue weighted by molar-refractivity contribution is 7.11. The standard InChI is InChI=1S/C10H8F4N2S/c11-9(12)10(13,14)5-15-8-6-3-1-2-4-7(6)16-17-8/h1-4,9,15H,5H2. The van der Waals surface area contributed by atoms with Crippen molar-refractivity contribution in [3.05, 3.63) is 24.3 Å². The molecule has 0 amide bonds. The molecule has 0 spiro atoms. The molecule has 1 N–H and O–H groups in total. The molecule has 0 saturated carbocycles. The summed E-state index contributed by atoms with van der Waals surface area (Å²) < 4.78 is 53.3. The molecule has 0 fully saturated rings. The van der Waals surface area contributed by atoms with Crippen molar-refractivity contribution < 1.29 is 17.6 Å². The summed E-state index contributed by atoms with van der Waals surface area (Å²) in [6, 6.07) is 6.91. The fourth-order valence-electron chi connectivity index (χ4n) is 1.29. The van der Waals surface area contributed by atoms with Crippen LogP contribution in [0, 0.1) is 0 Å². The van der Waals surface area contributed by atoms with Crippen LogP contribution in [0.25, 0.3) is 10.9 Å². The zero-order valence-corrected chi connectivity index (χ0v) is 9.28. The lowest BCUT2D eigenvalue weighted by Gasteiger charge is -2.15. The number of halogens is 4. The van der Waals surface area contributed by atoms with Gasteiger partial charge in [-0.25, -0.2) is 8.78 Å². The van der Waals surface area contributed by atoms with Gasteiger partial charge in [0.1, 0.15) is 5.00 Å². The molecule has 0 radical (unpaired) electrons. The van der Waals surface area contributed by atoms with Crippen LogP contribution in [0.3, 0.4) is 0 Å². The SMILES string of the molecule is FC(F)C(F)(F)CNc1snc2ccccc12.